The summed E-state index contributed by atoms with van der Waals surface area (Å²) in [5.41, 5.74) is 3.28. The Bertz CT molecular complexity index is 791. The molecule has 2 aromatic rings. The minimum atomic E-state index is -0.895. The zero-order valence-electron chi connectivity index (χ0n) is 15.8. The summed E-state index contributed by atoms with van der Waals surface area (Å²) < 4.78 is 0. The molecule has 142 valence electrons. The van der Waals surface area contributed by atoms with Gasteiger partial charge in [-0.1, -0.05) is 36.4 Å². The van der Waals surface area contributed by atoms with E-state index in [0.29, 0.717) is 17.6 Å². The first-order valence-electron chi connectivity index (χ1n) is 9.31. The zero-order valence-corrected chi connectivity index (χ0v) is 15.8. The van der Waals surface area contributed by atoms with Gasteiger partial charge in [0.15, 0.2) is 0 Å². The van der Waals surface area contributed by atoms with Gasteiger partial charge in [-0.15, -0.1) is 0 Å². The molecular formula is C22H26N2O3. The largest absolute Gasteiger partial charge is 0.478 e. The highest BCUT2D eigenvalue weighted by Gasteiger charge is 2.29. The standard InChI is InChI=1S/C22H26N2O3/c1-16-11-23(13-18-7-9-19(10-8-18)22(26)27)12-17(2)24(16)14-20-5-3-4-6-21(20)15-25/h3-10,15-17H,11-14H2,1-2H3,(H,26,27)/t16-,17+. The molecule has 1 saturated heterocycles. The molecule has 0 aliphatic carbocycles. The molecule has 1 fully saturated rings. The lowest BCUT2D eigenvalue weighted by Crippen LogP contribution is -2.55. The van der Waals surface area contributed by atoms with Crippen molar-refractivity contribution in [3.05, 3.63) is 70.8 Å². The van der Waals surface area contributed by atoms with E-state index in [2.05, 4.69) is 23.6 Å². The van der Waals surface area contributed by atoms with Crippen molar-refractivity contribution in [3.8, 4) is 0 Å². The summed E-state index contributed by atoms with van der Waals surface area (Å²) in [6, 6.07) is 15.6. The van der Waals surface area contributed by atoms with Crippen LogP contribution in [0.1, 0.15) is 45.7 Å². The minimum absolute atomic E-state index is 0.319. The van der Waals surface area contributed by atoms with Crippen LogP contribution in [0.15, 0.2) is 48.5 Å². The molecule has 1 aliphatic heterocycles. The molecule has 0 amide bonds. The maximum Gasteiger partial charge on any atom is 0.335 e. The van der Waals surface area contributed by atoms with Gasteiger partial charge in [0.05, 0.1) is 5.56 Å². The summed E-state index contributed by atoms with van der Waals surface area (Å²) in [5.74, 6) is -0.895. The Morgan fingerprint density at radius 1 is 1.04 bits per heavy atom. The van der Waals surface area contributed by atoms with Crippen molar-refractivity contribution in [3.63, 3.8) is 0 Å². The summed E-state index contributed by atoms with van der Waals surface area (Å²) in [7, 11) is 0. The van der Waals surface area contributed by atoms with Crippen molar-refractivity contribution in [2.24, 2.45) is 0 Å². The smallest absolute Gasteiger partial charge is 0.335 e. The number of piperazine rings is 1. The number of hydrogen-bond donors (Lipinski definition) is 1. The molecule has 0 saturated carbocycles. The van der Waals surface area contributed by atoms with Gasteiger partial charge in [-0.25, -0.2) is 4.79 Å². The first-order valence-corrected chi connectivity index (χ1v) is 9.31. The first kappa shape index (κ1) is 19.3. The highest BCUT2D eigenvalue weighted by molar-refractivity contribution is 5.87. The van der Waals surface area contributed by atoms with Gasteiger partial charge in [0.1, 0.15) is 6.29 Å². The number of aldehydes is 1. The van der Waals surface area contributed by atoms with E-state index >= 15 is 0 Å². The van der Waals surface area contributed by atoms with Crippen LogP contribution in [-0.4, -0.2) is 52.3 Å². The lowest BCUT2D eigenvalue weighted by molar-refractivity contribution is 0.0289. The lowest BCUT2D eigenvalue weighted by Gasteiger charge is -2.44. The summed E-state index contributed by atoms with van der Waals surface area (Å²) >= 11 is 0. The Morgan fingerprint density at radius 3 is 2.26 bits per heavy atom. The first-order chi connectivity index (χ1) is 13.0. The summed E-state index contributed by atoms with van der Waals surface area (Å²) in [4.78, 5) is 27.1. The molecule has 0 bridgehead atoms. The third-order valence-corrected chi connectivity index (χ3v) is 5.32. The number of carboxylic acids is 1. The predicted octanol–water partition coefficient (Wildman–Crippen LogP) is 3.29. The molecule has 1 N–H and O–H groups in total. The number of rotatable bonds is 6. The topological polar surface area (TPSA) is 60.9 Å². The molecule has 2 atom stereocenters. The van der Waals surface area contributed by atoms with E-state index in [4.69, 9.17) is 5.11 Å². The van der Waals surface area contributed by atoms with Crippen LogP contribution in [0, 0.1) is 0 Å². The van der Waals surface area contributed by atoms with Crippen molar-refractivity contribution >= 4 is 12.3 Å². The van der Waals surface area contributed by atoms with Gasteiger partial charge in [-0.2, -0.15) is 0 Å². The van der Waals surface area contributed by atoms with Crippen LogP contribution in [0.2, 0.25) is 0 Å². The lowest BCUT2D eigenvalue weighted by atomic mass is 10.0. The van der Waals surface area contributed by atoms with Crippen LogP contribution in [0.4, 0.5) is 0 Å². The second-order valence-electron chi connectivity index (χ2n) is 7.38. The molecule has 5 nitrogen and oxygen atoms in total. The minimum Gasteiger partial charge on any atom is -0.478 e. The summed E-state index contributed by atoms with van der Waals surface area (Å²) in [6.07, 6.45) is 0.932. The maximum atomic E-state index is 11.3. The molecule has 2 aromatic carbocycles. The number of carbonyl (C=O) groups is 2. The van der Waals surface area contributed by atoms with E-state index in [9.17, 15) is 9.59 Å². The summed E-state index contributed by atoms with van der Waals surface area (Å²) in [5, 5.41) is 9.02. The summed E-state index contributed by atoms with van der Waals surface area (Å²) in [6.45, 7) is 7.91. The van der Waals surface area contributed by atoms with E-state index in [1.54, 1.807) is 12.1 Å². The van der Waals surface area contributed by atoms with Gasteiger partial charge in [0.2, 0.25) is 0 Å². The Morgan fingerprint density at radius 2 is 1.67 bits per heavy atom. The highest BCUT2D eigenvalue weighted by Crippen LogP contribution is 2.22. The zero-order chi connectivity index (χ0) is 19.4. The second kappa shape index (κ2) is 8.46. The molecule has 0 radical (unpaired) electrons. The SMILES string of the molecule is C[C@@H]1CN(Cc2ccc(C(=O)O)cc2)C[C@H](C)N1Cc1ccccc1C=O. The Kier molecular flexibility index (Phi) is 6.04. The number of aromatic carboxylic acids is 1. The molecule has 27 heavy (non-hydrogen) atoms. The fourth-order valence-corrected chi connectivity index (χ4v) is 3.91. The van der Waals surface area contributed by atoms with Crippen LogP contribution in [0.3, 0.4) is 0 Å². The fraction of sp³-hybridized carbons (Fsp3) is 0.364. The second-order valence-corrected chi connectivity index (χ2v) is 7.38. The van der Waals surface area contributed by atoms with E-state index < -0.39 is 5.97 Å². The van der Waals surface area contributed by atoms with Crippen LogP contribution >= 0.6 is 0 Å². The third-order valence-electron chi connectivity index (χ3n) is 5.32. The monoisotopic (exact) mass is 366 g/mol. The molecule has 0 unspecified atom stereocenters. The van der Waals surface area contributed by atoms with Gasteiger partial charge in [0, 0.05) is 43.8 Å². The van der Waals surface area contributed by atoms with Gasteiger partial charge in [-0.05, 0) is 37.1 Å². The van der Waals surface area contributed by atoms with Crippen LogP contribution in [-0.2, 0) is 13.1 Å². The number of hydrogen-bond acceptors (Lipinski definition) is 4. The van der Waals surface area contributed by atoms with E-state index in [0.717, 1.165) is 49.2 Å². The Labute approximate surface area is 160 Å². The Hall–Kier alpha value is -2.50. The average molecular weight is 366 g/mol. The third kappa shape index (κ3) is 4.62. The van der Waals surface area contributed by atoms with Crippen molar-refractivity contribution in [2.75, 3.05) is 13.1 Å². The normalized spacial score (nSPS) is 21.1. The van der Waals surface area contributed by atoms with Crippen molar-refractivity contribution in [2.45, 2.75) is 39.0 Å². The van der Waals surface area contributed by atoms with Gasteiger partial charge < -0.3 is 5.11 Å². The van der Waals surface area contributed by atoms with Gasteiger partial charge >= 0.3 is 5.97 Å². The molecule has 1 aliphatic rings. The van der Waals surface area contributed by atoms with Crippen LogP contribution < -0.4 is 0 Å². The van der Waals surface area contributed by atoms with Crippen LogP contribution in [0.5, 0.6) is 0 Å². The van der Waals surface area contributed by atoms with Crippen molar-refractivity contribution < 1.29 is 14.7 Å². The number of benzene rings is 2. The molecule has 0 aromatic heterocycles. The molecular weight excluding hydrogens is 340 g/mol. The Balaban J connectivity index is 1.64. The molecule has 3 rings (SSSR count). The van der Waals surface area contributed by atoms with E-state index in [-0.39, 0.29) is 0 Å². The molecule has 0 spiro atoms. The van der Waals surface area contributed by atoms with Crippen molar-refractivity contribution in [1.29, 1.82) is 0 Å². The van der Waals surface area contributed by atoms with Crippen molar-refractivity contribution in [1.82, 2.24) is 9.80 Å². The quantitative estimate of drug-likeness (QED) is 0.795. The van der Waals surface area contributed by atoms with Gasteiger partial charge in [0.25, 0.3) is 0 Å². The van der Waals surface area contributed by atoms with Gasteiger partial charge in [-0.3, -0.25) is 14.6 Å². The number of nitrogens with zero attached hydrogens (tertiary/aromatic N) is 2. The number of carboxylic acid groups (broad SMARTS) is 1. The number of carbonyl (C=O) groups excluding carboxylic acids is 1. The van der Waals surface area contributed by atoms with E-state index in [1.807, 2.05) is 36.4 Å². The average Bonchev–Trinajstić information content (AvgIpc) is 2.65. The molecule has 5 heteroatoms. The fourth-order valence-electron chi connectivity index (χ4n) is 3.91. The maximum absolute atomic E-state index is 11.3. The predicted molar refractivity (Wildman–Crippen MR) is 105 cm³/mol. The highest BCUT2D eigenvalue weighted by atomic mass is 16.4. The molecule has 1 heterocycles. The van der Waals surface area contributed by atoms with Crippen LogP contribution in [0.25, 0.3) is 0 Å². The van der Waals surface area contributed by atoms with E-state index in [1.165, 1.54) is 0 Å².